The van der Waals surface area contributed by atoms with Crippen molar-refractivity contribution >= 4 is 18.3 Å². The second kappa shape index (κ2) is 5.29. The van der Waals surface area contributed by atoms with Crippen molar-refractivity contribution in [1.82, 2.24) is 10.2 Å². The Morgan fingerprint density at radius 2 is 2.00 bits per heavy atom. The molecule has 1 heterocycles. The molecule has 3 nitrogen and oxygen atoms in total. The van der Waals surface area contributed by atoms with E-state index in [1.165, 1.54) is 24.0 Å². The summed E-state index contributed by atoms with van der Waals surface area (Å²) in [5.41, 5.74) is 3.64. The number of nitrogens with one attached hydrogen (secondary N) is 1. The van der Waals surface area contributed by atoms with Gasteiger partial charge in [-0.25, -0.2) is 0 Å². The Kier molecular flexibility index (Phi) is 3.93. The number of hydrogen-bond acceptors (Lipinski definition) is 2. The van der Waals surface area contributed by atoms with Crippen LogP contribution in [0.15, 0.2) is 18.2 Å². The van der Waals surface area contributed by atoms with Gasteiger partial charge in [0.1, 0.15) is 0 Å². The summed E-state index contributed by atoms with van der Waals surface area (Å²) in [4.78, 5) is 14.1. The quantitative estimate of drug-likeness (QED) is 0.883. The smallest absolute Gasteiger partial charge is 0.253 e. The number of carbonyl (C=O) groups is 1. The molecule has 4 heteroatoms. The van der Waals surface area contributed by atoms with Crippen molar-refractivity contribution in [3.05, 3.63) is 34.9 Å². The summed E-state index contributed by atoms with van der Waals surface area (Å²) >= 11 is 0. The van der Waals surface area contributed by atoms with E-state index in [1.54, 1.807) is 0 Å². The zero-order valence-corrected chi connectivity index (χ0v) is 11.4. The third-order valence-electron chi connectivity index (χ3n) is 3.97. The molecule has 1 fully saturated rings. The molecule has 0 radical (unpaired) electrons. The molecule has 0 aromatic heterocycles. The van der Waals surface area contributed by atoms with E-state index in [0.717, 1.165) is 25.1 Å². The largest absolute Gasteiger partial charge is 0.336 e. The molecule has 1 aliphatic heterocycles. The molecule has 1 amide bonds. The Hall–Kier alpha value is -1.06. The van der Waals surface area contributed by atoms with Crippen LogP contribution in [0.4, 0.5) is 0 Å². The van der Waals surface area contributed by atoms with E-state index in [2.05, 4.69) is 17.4 Å². The van der Waals surface area contributed by atoms with Gasteiger partial charge in [0.25, 0.3) is 5.91 Å². The first-order valence-electron chi connectivity index (χ1n) is 6.35. The highest BCUT2D eigenvalue weighted by Gasteiger charge is 2.26. The van der Waals surface area contributed by atoms with Crippen LogP contribution < -0.4 is 5.32 Å². The predicted octanol–water partition coefficient (Wildman–Crippen LogP) is 1.64. The van der Waals surface area contributed by atoms with Crippen LogP contribution in [0.3, 0.4) is 0 Å². The zero-order valence-electron chi connectivity index (χ0n) is 10.6. The van der Waals surface area contributed by atoms with Gasteiger partial charge >= 0.3 is 0 Å². The first kappa shape index (κ1) is 13.4. The first-order chi connectivity index (χ1) is 8.25. The number of benzene rings is 1. The normalized spacial score (nSPS) is 17.6. The topological polar surface area (TPSA) is 32.3 Å². The molecule has 0 spiro atoms. The summed E-state index contributed by atoms with van der Waals surface area (Å²) in [5, 5.41) is 3.20. The summed E-state index contributed by atoms with van der Waals surface area (Å²) in [6.45, 7) is 1.85. The number of likely N-dealkylation sites (N-methyl/N-ethyl adjacent to an activating group) is 1. The van der Waals surface area contributed by atoms with Crippen LogP contribution in [0.25, 0.3) is 0 Å². The monoisotopic (exact) mass is 266 g/mol. The summed E-state index contributed by atoms with van der Waals surface area (Å²) in [6, 6.07) is 6.57. The van der Waals surface area contributed by atoms with Crippen LogP contribution in [0.2, 0.25) is 0 Å². The van der Waals surface area contributed by atoms with Crippen molar-refractivity contribution in [2.75, 3.05) is 20.1 Å². The fourth-order valence-electron chi connectivity index (χ4n) is 2.62. The molecule has 1 aliphatic carbocycles. The van der Waals surface area contributed by atoms with E-state index in [0.29, 0.717) is 6.04 Å². The van der Waals surface area contributed by atoms with Crippen LogP contribution in [0.5, 0.6) is 0 Å². The van der Waals surface area contributed by atoms with Gasteiger partial charge in [0.15, 0.2) is 0 Å². The predicted molar refractivity (Wildman–Crippen MR) is 74.5 cm³/mol. The van der Waals surface area contributed by atoms with Crippen molar-refractivity contribution in [2.45, 2.75) is 25.3 Å². The molecular formula is C14H19ClN2O. The SMILES string of the molecule is CN(C(=O)c1ccc2c(c1)CCC2)C1CNC1.Cl. The number of fused-ring (bicyclic) bond motifs is 1. The number of nitrogens with zero attached hydrogens (tertiary/aromatic N) is 1. The molecule has 2 aliphatic rings. The maximum Gasteiger partial charge on any atom is 0.253 e. The van der Waals surface area contributed by atoms with Gasteiger partial charge in [0.05, 0.1) is 6.04 Å². The second-order valence-electron chi connectivity index (χ2n) is 5.07. The standard InChI is InChI=1S/C14H18N2O.ClH/c1-16(13-8-15-9-13)14(17)12-6-5-10-3-2-4-11(10)7-12;/h5-7,13,15H,2-4,8-9H2,1H3;1H. The van der Waals surface area contributed by atoms with Gasteiger partial charge in [-0.1, -0.05) is 6.07 Å². The number of amides is 1. The molecule has 18 heavy (non-hydrogen) atoms. The van der Waals surface area contributed by atoms with Gasteiger partial charge in [-0.05, 0) is 42.5 Å². The molecule has 1 saturated heterocycles. The summed E-state index contributed by atoms with van der Waals surface area (Å²) < 4.78 is 0. The molecule has 0 bridgehead atoms. The number of hydrogen-bond donors (Lipinski definition) is 1. The molecule has 0 unspecified atom stereocenters. The van der Waals surface area contributed by atoms with E-state index in [4.69, 9.17) is 0 Å². The fourth-order valence-corrected chi connectivity index (χ4v) is 2.62. The lowest BCUT2D eigenvalue weighted by Crippen LogP contribution is -2.57. The fraction of sp³-hybridized carbons (Fsp3) is 0.500. The molecule has 3 rings (SSSR count). The van der Waals surface area contributed by atoms with Crippen molar-refractivity contribution in [1.29, 1.82) is 0 Å². The Labute approximate surface area is 114 Å². The van der Waals surface area contributed by atoms with E-state index in [9.17, 15) is 4.79 Å². The Bertz CT molecular complexity index is 457. The van der Waals surface area contributed by atoms with Crippen molar-refractivity contribution < 1.29 is 4.79 Å². The van der Waals surface area contributed by atoms with E-state index in [-0.39, 0.29) is 18.3 Å². The molecular weight excluding hydrogens is 248 g/mol. The minimum atomic E-state index is 0. The van der Waals surface area contributed by atoms with Crippen LogP contribution in [0.1, 0.15) is 27.9 Å². The second-order valence-corrected chi connectivity index (χ2v) is 5.07. The van der Waals surface area contributed by atoms with Gasteiger partial charge in [0, 0.05) is 25.7 Å². The van der Waals surface area contributed by atoms with Gasteiger partial charge < -0.3 is 10.2 Å². The van der Waals surface area contributed by atoms with Gasteiger partial charge in [0.2, 0.25) is 0 Å². The average Bonchev–Trinajstić information content (AvgIpc) is 2.72. The highest BCUT2D eigenvalue weighted by molar-refractivity contribution is 5.94. The lowest BCUT2D eigenvalue weighted by molar-refractivity contribution is 0.0681. The highest BCUT2D eigenvalue weighted by Crippen LogP contribution is 2.23. The van der Waals surface area contributed by atoms with Gasteiger partial charge in [-0.2, -0.15) is 0 Å². The van der Waals surface area contributed by atoms with Crippen molar-refractivity contribution in [3.8, 4) is 0 Å². The molecule has 1 aromatic carbocycles. The number of aryl methyl sites for hydroxylation is 2. The summed E-state index contributed by atoms with van der Waals surface area (Å²) in [5.74, 6) is 0.159. The lowest BCUT2D eigenvalue weighted by Gasteiger charge is -2.35. The van der Waals surface area contributed by atoms with Gasteiger partial charge in [-0.15, -0.1) is 12.4 Å². The Balaban J connectivity index is 0.00000120. The Morgan fingerprint density at radius 3 is 2.67 bits per heavy atom. The molecule has 0 saturated carbocycles. The number of carbonyl (C=O) groups excluding carboxylic acids is 1. The third-order valence-corrected chi connectivity index (χ3v) is 3.97. The van der Waals surface area contributed by atoms with Crippen molar-refractivity contribution in [3.63, 3.8) is 0 Å². The van der Waals surface area contributed by atoms with Crippen LogP contribution >= 0.6 is 12.4 Å². The van der Waals surface area contributed by atoms with E-state index < -0.39 is 0 Å². The molecule has 1 aromatic rings. The number of halogens is 1. The maximum absolute atomic E-state index is 12.3. The first-order valence-corrected chi connectivity index (χ1v) is 6.35. The number of rotatable bonds is 2. The highest BCUT2D eigenvalue weighted by atomic mass is 35.5. The van der Waals surface area contributed by atoms with Crippen LogP contribution in [-0.4, -0.2) is 37.0 Å². The minimum absolute atomic E-state index is 0. The molecule has 1 N–H and O–H groups in total. The van der Waals surface area contributed by atoms with Crippen LogP contribution in [-0.2, 0) is 12.8 Å². The maximum atomic E-state index is 12.3. The zero-order chi connectivity index (χ0) is 11.8. The summed E-state index contributed by atoms with van der Waals surface area (Å²) in [6.07, 6.45) is 3.53. The van der Waals surface area contributed by atoms with Gasteiger partial charge in [-0.3, -0.25) is 4.79 Å². The molecule has 98 valence electrons. The third kappa shape index (κ3) is 2.25. The average molecular weight is 267 g/mol. The molecule has 0 atom stereocenters. The minimum Gasteiger partial charge on any atom is -0.336 e. The van der Waals surface area contributed by atoms with E-state index in [1.807, 2.05) is 18.0 Å². The Morgan fingerprint density at radius 1 is 1.28 bits per heavy atom. The van der Waals surface area contributed by atoms with Crippen molar-refractivity contribution in [2.24, 2.45) is 0 Å². The lowest BCUT2D eigenvalue weighted by atomic mass is 10.0. The van der Waals surface area contributed by atoms with Crippen LogP contribution in [0, 0.1) is 0 Å². The summed E-state index contributed by atoms with van der Waals surface area (Å²) in [7, 11) is 1.90. The van der Waals surface area contributed by atoms with E-state index >= 15 is 0 Å².